The third-order valence-electron chi connectivity index (χ3n) is 4.78. The van der Waals surface area contributed by atoms with Crippen molar-refractivity contribution >= 4 is 64.2 Å². The van der Waals surface area contributed by atoms with Crippen molar-refractivity contribution in [2.45, 2.75) is 0 Å². The number of nitrogens with zero attached hydrogens (tertiary/aromatic N) is 3. The van der Waals surface area contributed by atoms with E-state index in [-0.39, 0.29) is 10.1 Å². The van der Waals surface area contributed by atoms with Gasteiger partial charge < -0.3 is 5.32 Å². The zero-order valence-electron chi connectivity index (χ0n) is 17.3. The summed E-state index contributed by atoms with van der Waals surface area (Å²) in [5.41, 5.74) is 1.15. The number of halogens is 6. The Kier molecular flexibility index (Phi) is 7.28. The molecule has 0 aliphatic carbocycles. The molecule has 12 heteroatoms. The summed E-state index contributed by atoms with van der Waals surface area (Å²) >= 11 is 23.6. The molecule has 1 N–H and O–H groups in total. The number of hydrogen-bond acceptors (Lipinski definition) is 3. The largest absolute Gasteiger partial charge is 0.343 e. The quantitative estimate of drug-likeness (QED) is 0.208. The van der Waals surface area contributed by atoms with Gasteiger partial charge in [0.1, 0.15) is 17.1 Å². The van der Waals surface area contributed by atoms with Crippen molar-refractivity contribution in [3.8, 4) is 16.9 Å². The van der Waals surface area contributed by atoms with E-state index in [9.17, 15) is 18.4 Å². The molecule has 0 unspecified atom stereocenters. The minimum absolute atomic E-state index is 0.0252. The van der Waals surface area contributed by atoms with E-state index >= 15 is 0 Å². The van der Waals surface area contributed by atoms with Gasteiger partial charge in [-0.3, -0.25) is 4.79 Å². The van der Waals surface area contributed by atoms with Gasteiger partial charge in [-0.05, 0) is 48.5 Å². The summed E-state index contributed by atoms with van der Waals surface area (Å²) in [6.45, 7) is 0. The van der Waals surface area contributed by atoms with Crippen molar-refractivity contribution in [2.24, 2.45) is 0 Å². The summed E-state index contributed by atoms with van der Waals surface area (Å²) in [7, 11) is 0. The molecule has 0 fully saturated rings. The number of anilines is 1. The van der Waals surface area contributed by atoms with Gasteiger partial charge in [0.25, 0.3) is 5.91 Å². The molecule has 6 nitrogen and oxygen atoms in total. The van der Waals surface area contributed by atoms with Crippen LogP contribution in [0.25, 0.3) is 16.9 Å². The zero-order valence-corrected chi connectivity index (χ0v) is 20.3. The van der Waals surface area contributed by atoms with Crippen molar-refractivity contribution in [1.29, 1.82) is 0 Å². The van der Waals surface area contributed by atoms with Crippen LogP contribution in [0.15, 0.2) is 66.9 Å². The molecule has 1 heterocycles. The van der Waals surface area contributed by atoms with Crippen LogP contribution in [0.2, 0.25) is 15.1 Å². The molecule has 0 atom stereocenters. The number of carbonyl (C=O) groups is 2. The average Bonchev–Trinajstić information content (AvgIpc) is 3.23. The second-order valence-electron chi connectivity index (χ2n) is 7.06. The lowest BCUT2D eigenvalue weighted by Crippen LogP contribution is -2.33. The highest BCUT2D eigenvalue weighted by atomic mass is 35.5. The van der Waals surface area contributed by atoms with E-state index in [0.29, 0.717) is 21.4 Å². The molecule has 3 amide bonds. The molecule has 0 saturated carbocycles. The molecule has 0 bridgehead atoms. The first-order chi connectivity index (χ1) is 16.7. The van der Waals surface area contributed by atoms with Crippen LogP contribution in [0.1, 0.15) is 10.4 Å². The second-order valence-corrected chi connectivity index (χ2v) is 8.65. The molecule has 3 aromatic carbocycles. The topological polar surface area (TPSA) is 67.2 Å². The fourth-order valence-electron chi connectivity index (χ4n) is 3.07. The molecule has 0 radical (unpaired) electrons. The maximum atomic E-state index is 14.1. The van der Waals surface area contributed by atoms with E-state index in [2.05, 4.69) is 10.4 Å². The fourth-order valence-corrected chi connectivity index (χ4v) is 3.72. The van der Waals surface area contributed by atoms with Crippen molar-refractivity contribution in [3.63, 3.8) is 0 Å². The van der Waals surface area contributed by atoms with Gasteiger partial charge in [-0.15, -0.1) is 0 Å². The molecule has 0 spiro atoms. The highest BCUT2D eigenvalue weighted by molar-refractivity contribution is 6.35. The third kappa shape index (κ3) is 5.26. The Morgan fingerprint density at radius 1 is 0.886 bits per heavy atom. The van der Waals surface area contributed by atoms with E-state index in [1.807, 2.05) is 0 Å². The lowest BCUT2D eigenvalue weighted by Gasteiger charge is -2.15. The van der Waals surface area contributed by atoms with Crippen LogP contribution in [0, 0.1) is 11.6 Å². The number of benzene rings is 3. The molecule has 0 saturated heterocycles. The minimum Gasteiger partial charge on any atom is -0.306 e. The minimum atomic E-state index is -1.42. The Bertz CT molecular complexity index is 1430. The van der Waals surface area contributed by atoms with Crippen LogP contribution in [0.5, 0.6) is 0 Å². The molecule has 0 aliphatic heterocycles. The van der Waals surface area contributed by atoms with Crippen molar-refractivity contribution in [2.75, 3.05) is 5.32 Å². The number of urea groups is 1. The Hall–Kier alpha value is -3.17. The van der Waals surface area contributed by atoms with E-state index < -0.39 is 34.2 Å². The molecular weight excluding hydrogens is 544 g/mol. The van der Waals surface area contributed by atoms with Gasteiger partial charge in [-0.1, -0.05) is 46.9 Å². The Morgan fingerprint density at radius 2 is 1.54 bits per heavy atom. The first kappa shape index (κ1) is 24.9. The maximum Gasteiger partial charge on any atom is 0.343 e. The van der Waals surface area contributed by atoms with Crippen LogP contribution in [-0.4, -0.2) is 26.1 Å². The molecule has 4 rings (SSSR count). The summed E-state index contributed by atoms with van der Waals surface area (Å²) in [4.78, 5) is 24.7. The van der Waals surface area contributed by atoms with E-state index in [1.165, 1.54) is 12.1 Å². The first-order valence-electron chi connectivity index (χ1n) is 9.72. The van der Waals surface area contributed by atoms with Crippen LogP contribution in [-0.2, 0) is 0 Å². The van der Waals surface area contributed by atoms with Crippen molar-refractivity contribution in [3.05, 3.63) is 99.1 Å². The van der Waals surface area contributed by atoms with Crippen LogP contribution < -0.4 is 5.32 Å². The molecular formula is C23H12Cl4F2N4O2. The van der Waals surface area contributed by atoms with Gasteiger partial charge in [-0.25, -0.2) is 18.3 Å². The standard InChI is InChI=1S/C23H12Cl4F2N4O2/c24-13-3-1-12(2-4-13)21-17(26)11-32(31-21)15-7-5-14(6-8-15)30-23(35)33(27)22(34)19-18(28)10-9-16(25)20(19)29/h1-11H,(H,30,35). The predicted octanol–water partition coefficient (Wildman–Crippen LogP) is 7.61. The lowest BCUT2D eigenvalue weighted by atomic mass is 10.2. The van der Waals surface area contributed by atoms with Crippen LogP contribution in [0.3, 0.4) is 0 Å². The summed E-state index contributed by atoms with van der Waals surface area (Å²) < 4.78 is 29.6. The SMILES string of the molecule is O=C(Nc1ccc(-n2cc(Cl)c(-c3ccc(Cl)cc3)n2)cc1)N(Cl)C(=O)c1c(F)ccc(Cl)c1F. The number of hydrogen-bond donors (Lipinski definition) is 1. The van der Waals surface area contributed by atoms with Gasteiger partial charge in [0.15, 0.2) is 5.82 Å². The van der Waals surface area contributed by atoms with E-state index in [0.717, 1.165) is 17.7 Å². The number of rotatable bonds is 4. The highest BCUT2D eigenvalue weighted by Crippen LogP contribution is 2.29. The first-order valence-corrected chi connectivity index (χ1v) is 11.2. The van der Waals surface area contributed by atoms with Gasteiger partial charge in [0, 0.05) is 28.1 Å². The van der Waals surface area contributed by atoms with Crippen LogP contribution in [0.4, 0.5) is 19.3 Å². The van der Waals surface area contributed by atoms with Gasteiger partial charge >= 0.3 is 6.03 Å². The summed E-state index contributed by atoms with van der Waals surface area (Å²) in [6.07, 6.45) is 1.62. The summed E-state index contributed by atoms with van der Waals surface area (Å²) in [6, 6.07) is 13.9. The second kappa shape index (κ2) is 10.2. The smallest absolute Gasteiger partial charge is 0.306 e. The highest BCUT2D eigenvalue weighted by Gasteiger charge is 2.28. The van der Waals surface area contributed by atoms with Crippen LogP contribution >= 0.6 is 46.6 Å². The monoisotopic (exact) mass is 554 g/mol. The lowest BCUT2D eigenvalue weighted by molar-refractivity contribution is 0.0884. The number of amides is 3. The maximum absolute atomic E-state index is 14.1. The number of imide groups is 1. The molecule has 1 aromatic heterocycles. The van der Waals surface area contributed by atoms with E-state index in [1.54, 1.807) is 47.3 Å². The summed E-state index contributed by atoms with van der Waals surface area (Å²) in [5, 5.41) is 7.35. The van der Waals surface area contributed by atoms with Crippen molar-refractivity contribution in [1.82, 2.24) is 14.2 Å². The predicted molar refractivity (Wildman–Crippen MR) is 131 cm³/mol. The zero-order chi connectivity index (χ0) is 25.3. The van der Waals surface area contributed by atoms with Gasteiger partial charge in [0.2, 0.25) is 0 Å². The Balaban J connectivity index is 1.48. The van der Waals surface area contributed by atoms with Crippen molar-refractivity contribution < 1.29 is 18.4 Å². The van der Waals surface area contributed by atoms with Gasteiger partial charge in [0.05, 0.1) is 21.9 Å². The molecule has 35 heavy (non-hydrogen) atoms. The molecule has 0 aliphatic rings. The van der Waals surface area contributed by atoms with Gasteiger partial charge in [-0.2, -0.15) is 9.52 Å². The summed E-state index contributed by atoms with van der Waals surface area (Å²) in [5.74, 6) is -3.95. The number of nitrogens with one attached hydrogen (secondary N) is 1. The Labute approximate surface area is 217 Å². The molecule has 178 valence electrons. The number of carbonyl (C=O) groups excluding carboxylic acids is 2. The Morgan fingerprint density at radius 3 is 2.20 bits per heavy atom. The third-order valence-corrected chi connectivity index (χ3v) is 5.91. The molecule has 4 aromatic rings. The average molecular weight is 556 g/mol. The normalized spacial score (nSPS) is 10.8. The van der Waals surface area contributed by atoms with E-state index in [4.69, 9.17) is 46.6 Å². The fraction of sp³-hybridized carbons (Fsp3) is 0. The number of aromatic nitrogens is 2.